The van der Waals surface area contributed by atoms with Crippen molar-refractivity contribution in [1.82, 2.24) is 15.5 Å². The highest BCUT2D eigenvalue weighted by atomic mass is 35.5. The Kier molecular flexibility index (Phi) is 5.00. The highest BCUT2D eigenvalue weighted by Crippen LogP contribution is 2.29. The third-order valence-electron chi connectivity index (χ3n) is 3.59. The van der Waals surface area contributed by atoms with Crippen molar-refractivity contribution >= 4 is 29.0 Å². The van der Waals surface area contributed by atoms with Crippen LogP contribution < -0.4 is 10.6 Å². The average Bonchev–Trinajstić information content (AvgIpc) is 3.10. The van der Waals surface area contributed by atoms with E-state index in [1.165, 1.54) is 0 Å². The number of hydrogen-bond donors (Lipinski definition) is 2. The smallest absolute Gasteiger partial charge is 0.272 e. The molecule has 0 atom stereocenters. The standard InChI is InChI=1S/C18H17ClN4O2/c1-11-8-12(2)17(14(19)9-11)21-16-6-5-15(22-23-16)18(24)20-10-13-4-3-7-25-13/h3-9H,10H2,1-2H3,(H,20,24)(H,21,23). The lowest BCUT2D eigenvalue weighted by Gasteiger charge is -2.11. The van der Waals surface area contributed by atoms with Crippen molar-refractivity contribution in [1.29, 1.82) is 0 Å². The number of hydrogen-bond acceptors (Lipinski definition) is 5. The van der Waals surface area contributed by atoms with Crippen LogP contribution in [0.5, 0.6) is 0 Å². The van der Waals surface area contributed by atoms with Crippen molar-refractivity contribution in [3.8, 4) is 0 Å². The first-order valence-electron chi connectivity index (χ1n) is 7.71. The van der Waals surface area contributed by atoms with Crippen molar-refractivity contribution in [3.05, 3.63) is 70.3 Å². The molecule has 25 heavy (non-hydrogen) atoms. The SMILES string of the molecule is Cc1cc(C)c(Nc2ccc(C(=O)NCc3ccco3)nn2)c(Cl)c1. The molecule has 0 spiro atoms. The predicted octanol–water partition coefficient (Wildman–Crippen LogP) is 4.01. The third kappa shape index (κ3) is 4.16. The molecular weight excluding hydrogens is 340 g/mol. The van der Waals surface area contributed by atoms with Crippen molar-refractivity contribution < 1.29 is 9.21 Å². The lowest BCUT2D eigenvalue weighted by molar-refractivity contribution is 0.0942. The van der Waals surface area contributed by atoms with Crippen LogP contribution in [0, 0.1) is 13.8 Å². The average molecular weight is 357 g/mol. The van der Waals surface area contributed by atoms with E-state index in [0.717, 1.165) is 16.8 Å². The summed E-state index contributed by atoms with van der Waals surface area (Å²) in [6, 6.07) is 10.7. The van der Waals surface area contributed by atoms with Gasteiger partial charge in [0.2, 0.25) is 0 Å². The van der Waals surface area contributed by atoms with E-state index in [4.69, 9.17) is 16.0 Å². The lowest BCUT2D eigenvalue weighted by Crippen LogP contribution is -2.23. The zero-order valence-electron chi connectivity index (χ0n) is 13.8. The molecule has 2 N–H and O–H groups in total. The van der Waals surface area contributed by atoms with E-state index in [9.17, 15) is 4.79 Å². The van der Waals surface area contributed by atoms with Crippen LogP contribution in [0.25, 0.3) is 0 Å². The van der Waals surface area contributed by atoms with Gasteiger partial charge in [0.05, 0.1) is 23.5 Å². The monoisotopic (exact) mass is 356 g/mol. The van der Waals surface area contributed by atoms with Gasteiger partial charge in [-0.2, -0.15) is 0 Å². The first-order chi connectivity index (χ1) is 12.0. The van der Waals surface area contributed by atoms with Crippen molar-refractivity contribution in [3.63, 3.8) is 0 Å². The van der Waals surface area contributed by atoms with Gasteiger partial charge in [-0.1, -0.05) is 17.7 Å². The number of benzene rings is 1. The van der Waals surface area contributed by atoms with Gasteiger partial charge in [-0.3, -0.25) is 4.79 Å². The Labute approximate surface area is 150 Å². The Morgan fingerprint density at radius 3 is 2.68 bits per heavy atom. The minimum Gasteiger partial charge on any atom is -0.467 e. The van der Waals surface area contributed by atoms with Crippen LogP contribution in [0.2, 0.25) is 5.02 Å². The minimum atomic E-state index is -0.319. The molecule has 7 heteroatoms. The number of anilines is 2. The van der Waals surface area contributed by atoms with Gasteiger partial charge in [-0.15, -0.1) is 10.2 Å². The van der Waals surface area contributed by atoms with Gasteiger partial charge in [0, 0.05) is 0 Å². The minimum absolute atomic E-state index is 0.226. The summed E-state index contributed by atoms with van der Waals surface area (Å²) >= 11 is 6.27. The van der Waals surface area contributed by atoms with E-state index in [1.807, 2.05) is 26.0 Å². The summed E-state index contributed by atoms with van der Waals surface area (Å²) in [5, 5.41) is 14.5. The Morgan fingerprint density at radius 1 is 1.20 bits per heavy atom. The molecule has 2 heterocycles. The van der Waals surface area contributed by atoms with Gasteiger partial charge in [0.25, 0.3) is 5.91 Å². The van der Waals surface area contributed by atoms with Crippen LogP contribution >= 0.6 is 11.6 Å². The molecule has 0 aliphatic rings. The highest BCUT2D eigenvalue weighted by molar-refractivity contribution is 6.33. The molecule has 0 saturated heterocycles. The molecule has 0 radical (unpaired) electrons. The fourth-order valence-corrected chi connectivity index (χ4v) is 2.76. The molecule has 2 aromatic heterocycles. The van der Waals surface area contributed by atoms with E-state index in [0.29, 0.717) is 23.1 Å². The number of halogens is 1. The maximum absolute atomic E-state index is 12.1. The molecule has 0 fully saturated rings. The second kappa shape index (κ2) is 7.36. The largest absolute Gasteiger partial charge is 0.467 e. The predicted molar refractivity (Wildman–Crippen MR) is 96.1 cm³/mol. The molecule has 3 aromatic rings. The number of aryl methyl sites for hydroxylation is 2. The Bertz CT molecular complexity index is 854. The summed E-state index contributed by atoms with van der Waals surface area (Å²) < 4.78 is 5.16. The number of rotatable bonds is 5. The van der Waals surface area contributed by atoms with E-state index in [1.54, 1.807) is 30.5 Å². The highest BCUT2D eigenvalue weighted by Gasteiger charge is 2.10. The summed E-state index contributed by atoms with van der Waals surface area (Å²) in [6.45, 7) is 4.25. The zero-order valence-corrected chi connectivity index (χ0v) is 14.6. The van der Waals surface area contributed by atoms with Gasteiger partial charge >= 0.3 is 0 Å². The van der Waals surface area contributed by atoms with E-state index < -0.39 is 0 Å². The summed E-state index contributed by atoms with van der Waals surface area (Å²) in [6.07, 6.45) is 1.56. The Hall–Kier alpha value is -2.86. The van der Waals surface area contributed by atoms with Crippen LogP contribution in [0.4, 0.5) is 11.5 Å². The van der Waals surface area contributed by atoms with E-state index >= 15 is 0 Å². The molecule has 0 bridgehead atoms. The topological polar surface area (TPSA) is 80.0 Å². The molecule has 0 saturated carbocycles. The summed E-state index contributed by atoms with van der Waals surface area (Å²) in [4.78, 5) is 12.1. The first-order valence-corrected chi connectivity index (χ1v) is 8.09. The number of amides is 1. The van der Waals surface area contributed by atoms with Gasteiger partial charge < -0.3 is 15.1 Å². The molecule has 128 valence electrons. The molecule has 0 unspecified atom stereocenters. The van der Waals surface area contributed by atoms with Crippen molar-refractivity contribution in [2.75, 3.05) is 5.32 Å². The number of aromatic nitrogens is 2. The summed E-state index contributed by atoms with van der Waals surface area (Å²) in [7, 11) is 0. The molecule has 3 rings (SSSR count). The molecule has 0 aliphatic heterocycles. The van der Waals surface area contributed by atoms with Gasteiger partial charge in [-0.05, 0) is 55.3 Å². The molecule has 0 aliphatic carbocycles. The summed E-state index contributed by atoms with van der Waals surface area (Å²) in [5.41, 5.74) is 3.09. The lowest BCUT2D eigenvalue weighted by atomic mass is 10.1. The zero-order chi connectivity index (χ0) is 17.8. The van der Waals surface area contributed by atoms with Crippen LogP contribution in [0.3, 0.4) is 0 Å². The third-order valence-corrected chi connectivity index (χ3v) is 3.88. The molecule has 1 amide bonds. The van der Waals surface area contributed by atoms with E-state index in [-0.39, 0.29) is 11.6 Å². The second-order valence-corrected chi connectivity index (χ2v) is 6.04. The molecular formula is C18H17ClN4O2. The number of nitrogens with one attached hydrogen (secondary N) is 2. The van der Waals surface area contributed by atoms with Crippen LogP contribution in [0.15, 0.2) is 47.1 Å². The van der Waals surface area contributed by atoms with Gasteiger partial charge in [0.1, 0.15) is 5.76 Å². The van der Waals surface area contributed by atoms with Crippen molar-refractivity contribution in [2.24, 2.45) is 0 Å². The fourth-order valence-electron chi connectivity index (χ4n) is 2.39. The van der Waals surface area contributed by atoms with Crippen molar-refractivity contribution in [2.45, 2.75) is 20.4 Å². The van der Waals surface area contributed by atoms with E-state index in [2.05, 4.69) is 20.8 Å². The summed E-state index contributed by atoms with van der Waals surface area (Å²) in [5.74, 6) is 0.862. The first kappa shape index (κ1) is 17.0. The number of carbonyl (C=O) groups excluding carboxylic acids is 1. The number of nitrogens with zero attached hydrogens (tertiary/aromatic N) is 2. The normalized spacial score (nSPS) is 10.5. The Balaban J connectivity index is 1.67. The molecule has 6 nitrogen and oxygen atoms in total. The van der Waals surface area contributed by atoms with Gasteiger partial charge in [-0.25, -0.2) is 0 Å². The molecule has 1 aromatic carbocycles. The maximum atomic E-state index is 12.1. The Morgan fingerprint density at radius 2 is 2.04 bits per heavy atom. The maximum Gasteiger partial charge on any atom is 0.272 e. The van der Waals surface area contributed by atoms with Gasteiger partial charge in [0.15, 0.2) is 11.5 Å². The number of furan rings is 1. The number of carbonyl (C=O) groups is 1. The fraction of sp³-hybridized carbons (Fsp3) is 0.167. The van der Waals surface area contributed by atoms with Crippen LogP contribution in [0.1, 0.15) is 27.4 Å². The quantitative estimate of drug-likeness (QED) is 0.721. The second-order valence-electron chi connectivity index (χ2n) is 5.63. The van der Waals surface area contributed by atoms with Crippen LogP contribution in [-0.2, 0) is 6.54 Å². The van der Waals surface area contributed by atoms with Crippen LogP contribution in [-0.4, -0.2) is 16.1 Å².